The zero-order valence-electron chi connectivity index (χ0n) is 14.5. The van der Waals surface area contributed by atoms with Crippen LogP contribution in [0.4, 0.5) is 0 Å². The van der Waals surface area contributed by atoms with Crippen molar-refractivity contribution in [3.63, 3.8) is 0 Å². The second-order valence-electron chi connectivity index (χ2n) is 6.15. The van der Waals surface area contributed by atoms with Crippen molar-refractivity contribution in [2.24, 2.45) is 5.92 Å². The summed E-state index contributed by atoms with van der Waals surface area (Å²) < 4.78 is 5.30. The molecule has 5 heteroatoms. The lowest BCUT2D eigenvalue weighted by atomic mass is 9.91. The van der Waals surface area contributed by atoms with Gasteiger partial charge in [-0.05, 0) is 57.9 Å². The van der Waals surface area contributed by atoms with Crippen molar-refractivity contribution in [3.8, 4) is 5.75 Å². The third-order valence-electron chi connectivity index (χ3n) is 4.64. The van der Waals surface area contributed by atoms with Gasteiger partial charge in [0.15, 0.2) is 0 Å². The van der Waals surface area contributed by atoms with Crippen molar-refractivity contribution in [2.75, 3.05) is 20.2 Å². The molecule has 1 N–H and O–H groups in total. The molecule has 0 bridgehead atoms. The summed E-state index contributed by atoms with van der Waals surface area (Å²) in [5.74, 6) is 1.26. The van der Waals surface area contributed by atoms with Crippen molar-refractivity contribution in [1.29, 1.82) is 0 Å². The Balaban J connectivity index is 0.00000264. The fraction of sp³-hybridized carbons (Fsp3) is 0.611. The summed E-state index contributed by atoms with van der Waals surface area (Å²) in [6, 6.07) is 8.49. The number of ether oxygens (including phenoxy) is 1. The van der Waals surface area contributed by atoms with Crippen LogP contribution in [-0.2, 0) is 4.79 Å². The summed E-state index contributed by atoms with van der Waals surface area (Å²) in [6.07, 6.45) is 1.87. The van der Waals surface area contributed by atoms with E-state index in [4.69, 9.17) is 4.74 Å². The summed E-state index contributed by atoms with van der Waals surface area (Å²) in [7, 11) is 1.67. The Labute approximate surface area is 146 Å². The molecular formula is C18H29ClN2O2. The van der Waals surface area contributed by atoms with E-state index in [1.165, 1.54) is 0 Å². The number of methoxy groups -OCH3 is 1. The first-order valence-electron chi connectivity index (χ1n) is 8.24. The molecule has 0 spiro atoms. The highest BCUT2D eigenvalue weighted by Gasteiger charge is 2.30. The minimum absolute atomic E-state index is 0. The van der Waals surface area contributed by atoms with E-state index in [0.717, 1.165) is 37.2 Å². The van der Waals surface area contributed by atoms with E-state index in [9.17, 15) is 4.79 Å². The maximum absolute atomic E-state index is 12.9. The second-order valence-corrected chi connectivity index (χ2v) is 6.15. The third-order valence-corrected chi connectivity index (χ3v) is 4.64. The Hall–Kier alpha value is -1.26. The fourth-order valence-electron chi connectivity index (χ4n) is 3.29. The standard InChI is InChI=1S/C18H28N2O2.ClH/c1-5-20(18(21)16-9-10-19-13(2)11-16)14(3)15-7-6-8-17(12-15)22-4;/h6-8,12-14,16,19H,5,9-11H2,1-4H3;1H/t13-,14?,16-;/m0./s1. The number of piperidine rings is 1. The number of hydrogen-bond acceptors (Lipinski definition) is 3. The SMILES string of the molecule is CCN(C(=O)[C@H]1CCN[C@@H](C)C1)C(C)c1cccc(OC)c1.Cl. The van der Waals surface area contributed by atoms with E-state index < -0.39 is 0 Å². The van der Waals surface area contributed by atoms with Gasteiger partial charge in [0.25, 0.3) is 0 Å². The molecule has 0 radical (unpaired) electrons. The average molecular weight is 341 g/mol. The lowest BCUT2D eigenvalue weighted by molar-refractivity contribution is -0.138. The van der Waals surface area contributed by atoms with E-state index in [1.807, 2.05) is 23.1 Å². The lowest BCUT2D eigenvalue weighted by Gasteiger charge is -2.35. The van der Waals surface area contributed by atoms with Gasteiger partial charge in [-0.2, -0.15) is 0 Å². The highest BCUT2D eigenvalue weighted by Crippen LogP contribution is 2.27. The van der Waals surface area contributed by atoms with E-state index >= 15 is 0 Å². The zero-order valence-corrected chi connectivity index (χ0v) is 15.4. The maximum Gasteiger partial charge on any atom is 0.226 e. The van der Waals surface area contributed by atoms with Crippen molar-refractivity contribution in [3.05, 3.63) is 29.8 Å². The molecule has 1 amide bonds. The molecular weight excluding hydrogens is 312 g/mol. The van der Waals surface area contributed by atoms with Gasteiger partial charge in [-0.25, -0.2) is 0 Å². The van der Waals surface area contributed by atoms with Crippen LogP contribution in [0.5, 0.6) is 5.75 Å². The van der Waals surface area contributed by atoms with E-state index in [1.54, 1.807) is 7.11 Å². The number of halogens is 1. The largest absolute Gasteiger partial charge is 0.497 e. The molecule has 23 heavy (non-hydrogen) atoms. The predicted molar refractivity (Wildman–Crippen MR) is 96.2 cm³/mol. The molecule has 1 fully saturated rings. The zero-order chi connectivity index (χ0) is 16.1. The molecule has 0 aromatic heterocycles. The Morgan fingerprint density at radius 2 is 2.22 bits per heavy atom. The topological polar surface area (TPSA) is 41.6 Å². The van der Waals surface area contributed by atoms with Crippen LogP contribution in [0.1, 0.15) is 45.2 Å². The fourth-order valence-corrected chi connectivity index (χ4v) is 3.29. The first kappa shape index (κ1) is 19.8. The predicted octanol–water partition coefficient (Wildman–Crippen LogP) is 3.41. The summed E-state index contributed by atoms with van der Waals surface area (Å²) in [4.78, 5) is 14.9. The molecule has 4 nitrogen and oxygen atoms in total. The van der Waals surface area contributed by atoms with E-state index in [-0.39, 0.29) is 30.3 Å². The molecule has 1 aromatic rings. The van der Waals surface area contributed by atoms with Gasteiger partial charge in [0.05, 0.1) is 13.2 Å². The minimum atomic E-state index is 0. The van der Waals surface area contributed by atoms with Gasteiger partial charge in [0.2, 0.25) is 5.91 Å². The third kappa shape index (κ3) is 4.85. The molecule has 2 rings (SSSR count). The van der Waals surface area contributed by atoms with Crippen molar-refractivity contribution < 1.29 is 9.53 Å². The van der Waals surface area contributed by atoms with Gasteiger partial charge in [0.1, 0.15) is 5.75 Å². The van der Waals surface area contributed by atoms with Gasteiger partial charge in [-0.1, -0.05) is 12.1 Å². The summed E-state index contributed by atoms with van der Waals surface area (Å²) in [5.41, 5.74) is 1.12. The molecule has 1 heterocycles. The number of amides is 1. The molecule has 1 aliphatic heterocycles. The molecule has 1 aromatic carbocycles. The second kappa shape index (κ2) is 9.14. The number of carbonyl (C=O) groups excluding carboxylic acids is 1. The summed E-state index contributed by atoms with van der Waals surface area (Å²) >= 11 is 0. The van der Waals surface area contributed by atoms with Gasteiger partial charge in [-0.15, -0.1) is 12.4 Å². The van der Waals surface area contributed by atoms with Crippen LogP contribution < -0.4 is 10.1 Å². The van der Waals surface area contributed by atoms with Gasteiger partial charge < -0.3 is 15.0 Å². The van der Waals surface area contributed by atoms with Crippen LogP contribution in [-0.4, -0.2) is 37.0 Å². The van der Waals surface area contributed by atoms with Crippen LogP contribution in [0.3, 0.4) is 0 Å². The minimum Gasteiger partial charge on any atom is -0.497 e. The first-order chi connectivity index (χ1) is 10.6. The van der Waals surface area contributed by atoms with Gasteiger partial charge >= 0.3 is 0 Å². The quantitative estimate of drug-likeness (QED) is 0.893. The Morgan fingerprint density at radius 1 is 1.48 bits per heavy atom. The number of nitrogens with one attached hydrogen (secondary N) is 1. The number of hydrogen-bond donors (Lipinski definition) is 1. The Morgan fingerprint density at radius 3 is 2.83 bits per heavy atom. The molecule has 1 aliphatic rings. The first-order valence-corrected chi connectivity index (χ1v) is 8.24. The smallest absolute Gasteiger partial charge is 0.226 e. The average Bonchev–Trinajstić information content (AvgIpc) is 2.55. The lowest BCUT2D eigenvalue weighted by Crippen LogP contribution is -2.44. The monoisotopic (exact) mass is 340 g/mol. The normalized spacial score (nSPS) is 21.9. The van der Waals surface area contributed by atoms with Crippen molar-refractivity contribution >= 4 is 18.3 Å². The molecule has 3 atom stereocenters. The molecule has 1 unspecified atom stereocenters. The Bertz CT molecular complexity index is 510. The van der Waals surface area contributed by atoms with Gasteiger partial charge in [0, 0.05) is 18.5 Å². The summed E-state index contributed by atoms with van der Waals surface area (Å²) in [5, 5.41) is 3.41. The Kier molecular flexibility index (Phi) is 7.86. The number of rotatable bonds is 5. The molecule has 0 saturated carbocycles. The van der Waals surface area contributed by atoms with Gasteiger partial charge in [-0.3, -0.25) is 4.79 Å². The molecule has 130 valence electrons. The maximum atomic E-state index is 12.9. The highest BCUT2D eigenvalue weighted by atomic mass is 35.5. The number of benzene rings is 1. The van der Waals surface area contributed by atoms with E-state index in [2.05, 4.69) is 32.2 Å². The number of carbonyl (C=O) groups is 1. The van der Waals surface area contributed by atoms with E-state index in [0.29, 0.717) is 6.04 Å². The van der Waals surface area contributed by atoms with Crippen molar-refractivity contribution in [1.82, 2.24) is 10.2 Å². The van der Waals surface area contributed by atoms with Crippen LogP contribution >= 0.6 is 12.4 Å². The van der Waals surface area contributed by atoms with Crippen molar-refractivity contribution in [2.45, 2.75) is 45.7 Å². The van der Waals surface area contributed by atoms with Crippen LogP contribution in [0.2, 0.25) is 0 Å². The van der Waals surface area contributed by atoms with Crippen LogP contribution in [0.15, 0.2) is 24.3 Å². The van der Waals surface area contributed by atoms with Crippen LogP contribution in [0, 0.1) is 5.92 Å². The highest BCUT2D eigenvalue weighted by molar-refractivity contribution is 5.85. The van der Waals surface area contributed by atoms with Crippen LogP contribution in [0.25, 0.3) is 0 Å². The number of nitrogens with zero attached hydrogens (tertiary/aromatic N) is 1. The molecule has 1 saturated heterocycles. The summed E-state index contributed by atoms with van der Waals surface area (Å²) in [6.45, 7) is 7.97. The molecule has 0 aliphatic carbocycles.